The normalized spacial score (nSPS) is 12.6. The lowest BCUT2D eigenvalue weighted by Crippen LogP contribution is -2.42. The van der Waals surface area contributed by atoms with Gasteiger partial charge in [0.15, 0.2) is 23.3 Å². The second-order valence-corrected chi connectivity index (χ2v) is 4.98. The Balaban J connectivity index is 3.14. The fraction of sp³-hybridized carbons (Fsp3) is 0.462. The molecule has 0 aliphatic heterocycles. The molecule has 0 aliphatic carbocycles. The highest BCUT2D eigenvalue weighted by Gasteiger charge is 2.30. The van der Waals surface area contributed by atoms with Gasteiger partial charge in [-0.2, -0.15) is 0 Å². The Kier molecular flexibility index (Phi) is 5.65. The molecule has 3 nitrogen and oxygen atoms in total. The van der Waals surface area contributed by atoms with Gasteiger partial charge in [0, 0.05) is 12.6 Å². The third-order valence-electron chi connectivity index (χ3n) is 2.81. The number of amides is 1. The van der Waals surface area contributed by atoms with Crippen molar-refractivity contribution < 1.29 is 26.7 Å². The summed E-state index contributed by atoms with van der Waals surface area (Å²) in [5.41, 5.74) is 3.89. The molecule has 0 spiro atoms. The molecular weight excluding hydrogens is 295 g/mol. The number of rotatable bonds is 5. The second kappa shape index (κ2) is 6.84. The summed E-state index contributed by atoms with van der Waals surface area (Å²) >= 11 is 0. The van der Waals surface area contributed by atoms with E-state index < -0.39 is 46.6 Å². The monoisotopic (exact) mass is 310 g/mol. The second-order valence-electron chi connectivity index (χ2n) is 4.98. The summed E-state index contributed by atoms with van der Waals surface area (Å²) in [5, 5.41) is 2.17. The molecule has 8 heteroatoms. The zero-order chi connectivity index (χ0) is 16.3. The molecule has 0 aromatic heterocycles. The number of nitrogens with one attached hydrogen (secondary N) is 1. The minimum Gasteiger partial charge on any atom is -0.348 e. The molecule has 0 fully saturated rings. The molecule has 0 saturated carbocycles. The predicted molar refractivity (Wildman–Crippen MR) is 66.0 cm³/mol. The summed E-state index contributed by atoms with van der Waals surface area (Å²) < 4.78 is 65.8. The average Bonchev–Trinajstić information content (AvgIpc) is 2.42. The first-order valence-electron chi connectivity index (χ1n) is 6.23. The highest BCUT2D eigenvalue weighted by molar-refractivity contribution is 5.95. The van der Waals surface area contributed by atoms with E-state index in [1.54, 1.807) is 0 Å². The van der Waals surface area contributed by atoms with Crippen molar-refractivity contribution in [2.24, 2.45) is 11.7 Å². The summed E-state index contributed by atoms with van der Waals surface area (Å²) in [7, 11) is 0. The lowest BCUT2D eigenvalue weighted by atomic mass is 10.0. The highest BCUT2D eigenvalue weighted by atomic mass is 19.2. The first kappa shape index (κ1) is 17.4. The summed E-state index contributed by atoms with van der Waals surface area (Å²) in [6, 6.07) is -0.632. The maximum Gasteiger partial charge on any atom is 0.257 e. The smallest absolute Gasteiger partial charge is 0.257 e. The Morgan fingerprint density at radius 3 is 1.81 bits per heavy atom. The Morgan fingerprint density at radius 2 is 1.43 bits per heavy atom. The third-order valence-corrected chi connectivity index (χ3v) is 2.81. The fourth-order valence-electron chi connectivity index (χ4n) is 1.84. The van der Waals surface area contributed by atoms with Crippen LogP contribution in [0.25, 0.3) is 0 Å². The number of carbonyl (C=O) groups excluding carboxylic acids is 1. The van der Waals surface area contributed by atoms with Crippen LogP contribution in [0, 0.1) is 35.0 Å². The maximum atomic E-state index is 13.5. The lowest BCUT2D eigenvalue weighted by Gasteiger charge is -2.19. The number of nitrogens with two attached hydrogens (primary N) is 1. The summed E-state index contributed by atoms with van der Waals surface area (Å²) in [6.45, 7) is 3.62. The lowest BCUT2D eigenvalue weighted by molar-refractivity contribution is 0.0922. The Hall–Kier alpha value is -1.70. The zero-order valence-electron chi connectivity index (χ0n) is 11.4. The van der Waals surface area contributed by atoms with Gasteiger partial charge in [0.25, 0.3) is 5.91 Å². The van der Waals surface area contributed by atoms with Crippen LogP contribution in [0.3, 0.4) is 0 Å². The number of hydrogen-bond acceptors (Lipinski definition) is 2. The van der Waals surface area contributed by atoms with Gasteiger partial charge >= 0.3 is 0 Å². The summed E-state index contributed by atoms with van der Waals surface area (Å²) in [5.74, 6) is -12.2. The van der Waals surface area contributed by atoms with Crippen LogP contribution in [0.15, 0.2) is 0 Å². The topological polar surface area (TPSA) is 55.1 Å². The molecule has 118 valence electrons. The first-order valence-corrected chi connectivity index (χ1v) is 6.23. The van der Waals surface area contributed by atoms with Gasteiger partial charge < -0.3 is 11.1 Å². The van der Waals surface area contributed by atoms with Crippen LogP contribution in [0.5, 0.6) is 0 Å². The van der Waals surface area contributed by atoms with E-state index in [0.717, 1.165) is 0 Å². The minimum atomic E-state index is -2.31. The fourth-order valence-corrected chi connectivity index (χ4v) is 1.84. The van der Waals surface area contributed by atoms with E-state index in [-0.39, 0.29) is 12.5 Å². The number of carbonyl (C=O) groups is 1. The molecule has 1 amide bonds. The predicted octanol–water partition coefficient (Wildman–Crippen LogP) is 2.49. The van der Waals surface area contributed by atoms with E-state index in [1.165, 1.54) is 0 Å². The molecule has 0 radical (unpaired) electrons. The Labute approximate surface area is 118 Å². The van der Waals surface area contributed by atoms with Gasteiger partial charge in [-0.25, -0.2) is 22.0 Å². The van der Waals surface area contributed by atoms with Crippen molar-refractivity contribution in [3.8, 4) is 0 Å². The summed E-state index contributed by atoms with van der Waals surface area (Å²) in [6.07, 6.45) is 0.400. The number of halogens is 5. The van der Waals surface area contributed by atoms with Crippen molar-refractivity contribution in [3.05, 3.63) is 34.6 Å². The average molecular weight is 310 g/mol. The van der Waals surface area contributed by atoms with E-state index in [4.69, 9.17) is 5.73 Å². The van der Waals surface area contributed by atoms with Gasteiger partial charge in [-0.1, -0.05) is 13.8 Å². The van der Waals surface area contributed by atoms with Crippen LogP contribution in [-0.2, 0) is 0 Å². The van der Waals surface area contributed by atoms with Gasteiger partial charge in [-0.15, -0.1) is 0 Å². The zero-order valence-corrected chi connectivity index (χ0v) is 11.4. The molecule has 1 aromatic carbocycles. The molecule has 0 aliphatic rings. The molecule has 0 saturated heterocycles. The molecule has 21 heavy (non-hydrogen) atoms. The maximum absolute atomic E-state index is 13.5. The third kappa shape index (κ3) is 3.69. The van der Waals surface area contributed by atoms with Crippen molar-refractivity contribution in [1.29, 1.82) is 0 Å². The molecule has 0 bridgehead atoms. The van der Waals surface area contributed by atoms with E-state index in [2.05, 4.69) is 5.32 Å². The number of hydrogen-bond donors (Lipinski definition) is 2. The molecule has 0 heterocycles. The molecule has 1 atom stereocenters. The molecular formula is C13H15F5N2O. The van der Waals surface area contributed by atoms with Crippen molar-refractivity contribution in [3.63, 3.8) is 0 Å². The van der Waals surface area contributed by atoms with Gasteiger partial charge in [0.05, 0.1) is 0 Å². The van der Waals surface area contributed by atoms with Crippen molar-refractivity contribution >= 4 is 5.91 Å². The van der Waals surface area contributed by atoms with Crippen LogP contribution in [0.2, 0.25) is 0 Å². The van der Waals surface area contributed by atoms with Gasteiger partial charge in [-0.05, 0) is 12.3 Å². The standard InChI is InChI=1S/C13H15F5N2O/c1-5(2)3-6(4-19)20-13(21)7-8(14)10(16)12(18)11(17)9(7)15/h5-6H,3-4,19H2,1-2H3,(H,20,21). The van der Waals surface area contributed by atoms with Crippen LogP contribution in [-0.4, -0.2) is 18.5 Å². The quantitative estimate of drug-likeness (QED) is 0.499. The number of benzene rings is 1. The van der Waals surface area contributed by atoms with E-state index in [9.17, 15) is 26.7 Å². The van der Waals surface area contributed by atoms with E-state index in [1.807, 2.05) is 13.8 Å². The Bertz CT molecular complexity index is 519. The van der Waals surface area contributed by atoms with E-state index in [0.29, 0.717) is 6.42 Å². The molecule has 3 N–H and O–H groups in total. The van der Waals surface area contributed by atoms with Gasteiger partial charge in [-0.3, -0.25) is 4.79 Å². The van der Waals surface area contributed by atoms with Crippen LogP contribution < -0.4 is 11.1 Å². The summed E-state index contributed by atoms with van der Waals surface area (Å²) in [4.78, 5) is 11.8. The van der Waals surface area contributed by atoms with Crippen molar-refractivity contribution in [2.75, 3.05) is 6.54 Å². The van der Waals surface area contributed by atoms with Crippen LogP contribution in [0.4, 0.5) is 22.0 Å². The Morgan fingerprint density at radius 1 is 1.00 bits per heavy atom. The highest BCUT2D eigenvalue weighted by Crippen LogP contribution is 2.23. The van der Waals surface area contributed by atoms with Crippen LogP contribution >= 0.6 is 0 Å². The van der Waals surface area contributed by atoms with Crippen molar-refractivity contribution in [2.45, 2.75) is 26.3 Å². The van der Waals surface area contributed by atoms with Gasteiger partial charge in [0.2, 0.25) is 5.82 Å². The SMILES string of the molecule is CC(C)CC(CN)NC(=O)c1c(F)c(F)c(F)c(F)c1F. The largest absolute Gasteiger partial charge is 0.348 e. The molecule has 1 rings (SSSR count). The van der Waals surface area contributed by atoms with Crippen LogP contribution in [0.1, 0.15) is 30.6 Å². The van der Waals surface area contributed by atoms with E-state index >= 15 is 0 Å². The molecule has 1 unspecified atom stereocenters. The van der Waals surface area contributed by atoms with Crippen molar-refractivity contribution in [1.82, 2.24) is 5.32 Å². The first-order chi connectivity index (χ1) is 9.70. The minimum absolute atomic E-state index is 0.0285. The molecule has 1 aromatic rings. The van der Waals surface area contributed by atoms with Gasteiger partial charge in [0.1, 0.15) is 5.56 Å².